The number of nitrogens with two attached hydrogens (primary N) is 1. The molecule has 2 unspecified atom stereocenters. The van der Waals surface area contributed by atoms with Gasteiger partial charge in [-0.3, -0.25) is 4.79 Å². The number of anilines is 1. The molecule has 1 aromatic rings. The van der Waals surface area contributed by atoms with E-state index in [1.807, 2.05) is 13.8 Å². The number of hydrogen-bond donors (Lipinski definition) is 2. The van der Waals surface area contributed by atoms with E-state index in [4.69, 9.17) is 10.5 Å². The molecule has 1 aromatic heterocycles. The van der Waals surface area contributed by atoms with Crippen LogP contribution in [0.15, 0.2) is 4.63 Å². The molecule has 0 spiro atoms. The summed E-state index contributed by atoms with van der Waals surface area (Å²) >= 11 is 0. The van der Waals surface area contributed by atoms with E-state index in [0.29, 0.717) is 0 Å². The Morgan fingerprint density at radius 1 is 1.59 bits per heavy atom. The molecule has 0 radical (unpaired) electrons. The molecule has 1 saturated carbocycles. The van der Waals surface area contributed by atoms with Crippen LogP contribution in [0.1, 0.15) is 30.8 Å². The van der Waals surface area contributed by atoms with E-state index in [-0.39, 0.29) is 35.0 Å². The lowest BCUT2D eigenvalue weighted by atomic mass is 9.64. The van der Waals surface area contributed by atoms with Crippen LogP contribution in [0.25, 0.3) is 0 Å². The van der Waals surface area contributed by atoms with E-state index in [9.17, 15) is 4.79 Å². The van der Waals surface area contributed by atoms with E-state index in [2.05, 4.69) is 20.3 Å². The average Bonchev–Trinajstić information content (AvgIpc) is 2.69. The monoisotopic (exact) mass is 240 g/mol. The van der Waals surface area contributed by atoms with Gasteiger partial charge < -0.3 is 15.8 Å². The zero-order chi connectivity index (χ0) is 12.6. The minimum atomic E-state index is -0.364. The van der Waals surface area contributed by atoms with Crippen molar-refractivity contribution >= 4 is 11.7 Å². The second-order valence-electron chi connectivity index (χ2n) is 4.81. The number of ether oxygens (including phenoxy) is 1. The van der Waals surface area contributed by atoms with Crippen LogP contribution in [-0.4, -0.2) is 35.5 Å². The first-order valence-electron chi connectivity index (χ1n) is 5.38. The Hall–Kier alpha value is -1.63. The highest BCUT2D eigenvalue weighted by molar-refractivity contribution is 5.96. The Morgan fingerprint density at radius 2 is 2.29 bits per heavy atom. The number of nitrogens with zero attached hydrogens (tertiary/aromatic N) is 2. The molecular formula is C10H16N4O3. The van der Waals surface area contributed by atoms with Crippen molar-refractivity contribution in [1.29, 1.82) is 0 Å². The molecule has 3 N–H and O–H groups in total. The number of hydrogen-bond acceptors (Lipinski definition) is 6. The molecule has 7 nitrogen and oxygen atoms in total. The van der Waals surface area contributed by atoms with Crippen molar-refractivity contribution in [3.63, 3.8) is 0 Å². The molecular weight excluding hydrogens is 224 g/mol. The predicted molar refractivity (Wildman–Crippen MR) is 59.2 cm³/mol. The number of nitrogen functional groups attached to an aromatic ring is 1. The van der Waals surface area contributed by atoms with Crippen LogP contribution >= 0.6 is 0 Å². The summed E-state index contributed by atoms with van der Waals surface area (Å²) in [4.78, 5) is 11.8. The summed E-state index contributed by atoms with van der Waals surface area (Å²) < 4.78 is 9.69. The van der Waals surface area contributed by atoms with Crippen molar-refractivity contribution in [1.82, 2.24) is 15.6 Å². The van der Waals surface area contributed by atoms with Crippen LogP contribution < -0.4 is 11.1 Å². The van der Waals surface area contributed by atoms with Gasteiger partial charge in [-0.2, -0.15) is 0 Å². The van der Waals surface area contributed by atoms with Gasteiger partial charge in [0.1, 0.15) is 0 Å². The van der Waals surface area contributed by atoms with Crippen molar-refractivity contribution in [3.05, 3.63) is 5.69 Å². The second kappa shape index (κ2) is 3.99. The number of carbonyl (C=O) groups excluding carboxylic acids is 1. The first-order valence-corrected chi connectivity index (χ1v) is 5.38. The van der Waals surface area contributed by atoms with Gasteiger partial charge in [0.2, 0.25) is 11.5 Å². The summed E-state index contributed by atoms with van der Waals surface area (Å²) in [5, 5.41) is 9.67. The topological polar surface area (TPSA) is 103 Å². The minimum absolute atomic E-state index is 0.00270. The Labute approximate surface area is 98.6 Å². The number of carbonyl (C=O) groups is 1. The third-order valence-electron chi connectivity index (χ3n) is 3.50. The fraction of sp³-hybridized carbons (Fsp3) is 0.700. The molecule has 0 aliphatic heterocycles. The largest absolute Gasteiger partial charge is 0.381 e. The predicted octanol–water partition coefficient (Wildman–Crippen LogP) is 0.195. The van der Waals surface area contributed by atoms with Crippen molar-refractivity contribution in [3.8, 4) is 0 Å². The van der Waals surface area contributed by atoms with Gasteiger partial charge in [0.25, 0.3) is 5.91 Å². The molecule has 1 heterocycles. The third kappa shape index (κ3) is 1.86. The zero-order valence-corrected chi connectivity index (χ0v) is 10.1. The molecule has 1 aliphatic rings. The standard InChI is InChI=1S/C10H16N4O3/c1-10(2)5(4-6(10)16-3)12-9(15)7-8(11)14-17-13-7/h5-6H,4H2,1-3H3,(H2,11,14)(H,12,15). The molecule has 1 aliphatic carbocycles. The molecule has 1 fully saturated rings. The highest BCUT2D eigenvalue weighted by Crippen LogP contribution is 2.42. The van der Waals surface area contributed by atoms with E-state index >= 15 is 0 Å². The zero-order valence-electron chi connectivity index (χ0n) is 10.1. The number of aromatic nitrogens is 2. The highest BCUT2D eigenvalue weighted by atomic mass is 16.6. The normalized spacial score (nSPS) is 26.3. The number of rotatable bonds is 3. The Bertz CT molecular complexity index is 429. The summed E-state index contributed by atoms with van der Waals surface area (Å²) in [6, 6.07) is 0.0380. The van der Waals surface area contributed by atoms with Crippen LogP contribution in [0, 0.1) is 5.41 Å². The maximum Gasteiger partial charge on any atom is 0.277 e. The summed E-state index contributed by atoms with van der Waals surface area (Å²) in [5.74, 6) is -0.362. The number of methoxy groups -OCH3 is 1. The van der Waals surface area contributed by atoms with E-state index in [1.54, 1.807) is 7.11 Å². The van der Waals surface area contributed by atoms with Gasteiger partial charge in [-0.05, 0) is 16.7 Å². The maximum absolute atomic E-state index is 11.8. The quantitative estimate of drug-likeness (QED) is 0.782. The van der Waals surface area contributed by atoms with Gasteiger partial charge in [-0.25, -0.2) is 4.63 Å². The van der Waals surface area contributed by atoms with Crippen molar-refractivity contribution < 1.29 is 14.2 Å². The van der Waals surface area contributed by atoms with Crippen molar-refractivity contribution in [2.75, 3.05) is 12.8 Å². The van der Waals surface area contributed by atoms with Gasteiger partial charge >= 0.3 is 0 Å². The summed E-state index contributed by atoms with van der Waals surface area (Å²) in [6.07, 6.45) is 0.932. The lowest BCUT2D eigenvalue weighted by Gasteiger charge is -2.51. The SMILES string of the molecule is COC1CC(NC(=O)c2nonc2N)C1(C)C. The van der Waals surface area contributed by atoms with E-state index < -0.39 is 0 Å². The Kier molecular flexibility index (Phi) is 2.78. The molecule has 1 amide bonds. The van der Waals surface area contributed by atoms with Crippen LogP contribution in [0.2, 0.25) is 0 Å². The van der Waals surface area contributed by atoms with E-state index in [1.165, 1.54) is 0 Å². The number of amides is 1. The molecule has 0 aromatic carbocycles. The van der Waals surface area contributed by atoms with Gasteiger partial charge in [-0.1, -0.05) is 13.8 Å². The third-order valence-corrected chi connectivity index (χ3v) is 3.50. The van der Waals surface area contributed by atoms with Crippen LogP contribution in [0.4, 0.5) is 5.82 Å². The van der Waals surface area contributed by atoms with Crippen LogP contribution in [0.3, 0.4) is 0 Å². The second-order valence-corrected chi connectivity index (χ2v) is 4.81. The van der Waals surface area contributed by atoms with Gasteiger partial charge in [0, 0.05) is 18.6 Å². The Morgan fingerprint density at radius 3 is 2.76 bits per heavy atom. The summed E-state index contributed by atoms with van der Waals surface area (Å²) in [5.41, 5.74) is 5.37. The fourth-order valence-electron chi connectivity index (χ4n) is 2.11. The highest BCUT2D eigenvalue weighted by Gasteiger charge is 2.49. The average molecular weight is 240 g/mol. The molecule has 2 rings (SSSR count). The fourth-order valence-corrected chi connectivity index (χ4v) is 2.11. The molecule has 17 heavy (non-hydrogen) atoms. The smallest absolute Gasteiger partial charge is 0.277 e. The van der Waals surface area contributed by atoms with E-state index in [0.717, 1.165) is 6.42 Å². The van der Waals surface area contributed by atoms with Gasteiger partial charge in [0.15, 0.2) is 0 Å². The summed E-state index contributed by atoms with van der Waals surface area (Å²) in [6.45, 7) is 4.08. The first kappa shape index (κ1) is 11.8. The van der Waals surface area contributed by atoms with Crippen LogP contribution in [0.5, 0.6) is 0 Å². The minimum Gasteiger partial charge on any atom is -0.381 e. The van der Waals surface area contributed by atoms with Crippen LogP contribution in [-0.2, 0) is 4.74 Å². The molecule has 7 heteroatoms. The molecule has 94 valence electrons. The lowest BCUT2D eigenvalue weighted by molar-refractivity contribution is -0.0942. The Balaban J connectivity index is 2.00. The van der Waals surface area contributed by atoms with Gasteiger partial charge in [0.05, 0.1) is 6.10 Å². The summed E-state index contributed by atoms with van der Waals surface area (Å²) in [7, 11) is 1.67. The maximum atomic E-state index is 11.8. The first-order chi connectivity index (χ1) is 7.96. The van der Waals surface area contributed by atoms with Crippen molar-refractivity contribution in [2.24, 2.45) is 5.41 Å². The van der Waals surface area contributed by atoms with Gasteiger partial charge in [-0.15, -0.1) is 0 Å². The molecule has 0 bridgehead atoms. The molecule has 0 saturated heterocycles. The lowest BCUT2D eigenvalue weighted by Crippen LogP contribution is -2.61. The molecule has 2 atom stereocenters. The van der Waals surface area contributed by atoms with Crippen molar-refractivity contribution in [2.45, 2.75) is 32.4 Å². The number of nitrogens with one attached hydrogen (secondary N) is 1.